The Balaban J connectivity index is 1.71. The van der Waals surface area contributed by atoms with Gasteiger partial charge in [0.15, 0.2) is 28.9 Å². The highest BCUT2D eigenvalue weighted by Gasteiger charge is 2.55. The van der Waals surface area contributed by atoms with Crippen LogP contribution in [0.3, 0.4) is 0 Å². The van der Waals surface area contributed by atoms with Crippen molar-refractivity contribution in [3.05, 3.63) is 36.4 Å². The van der Waals surface area contributed by atoms with Gasteiger partial charge in [-0.05, 0) is 18.6 Å². The third kappa shape index (κ3) is 3.37. The number of hydrogen-bond donors (Lipinski definition) is 4. The van der Waals surface area contributed by atoms with Crippen LogP contribution in [0.2, 0.25) is 0 Å². The molecule has 4 N–H and O–H groups in total. The fourth-order valence-corrected chi connectivity index (χ4v) is 3.39. The predicted molar refractivity (Wildman–Crippen MR) is 103 cm³/mol. The third-order valence-electron chi connectivity index (χ3n) is 4.98. The van der Waals surface area contributed by atoms with Gasteiger partial charge in [-0.3, -0.25) is 9.55 Å². The maximum absolute atomic E-state index is 15.2. The zero-order valence-electron chi connectivity index (χ0n) is 15.9. The normalized spacial score (nSPS) is 26.7. The van der Waals surface area contributed by atoms with Crippen molar-refractivity contribution in [2.75, 3.05) is 24.3 Å². The van der Waals surface area contributed by atoms with E-state index in [0.717, 1.165) is 5.56 Å². The summed E-state index contributed by atoms with van der Waals surface area (Å²) in [5.41, 5.74) is -0.437. The summed E-state index contributed by atoms with van der Waals surface area (Å²) < 4.78 is 22.2. The molecule has 10 nitrogen and oxygen atoms in total. The molecular weight excluding hydrogens is 381 g/mol. The lowest BCUT2D eigenvalue weighted by Gasteiger charge is -2.24. The van der Waals surface area contributed by atoms with Gasteiger partial charge in [-0.15, -0.1) is 0 Å². The number of aliphatic hydroxyl groups is 2. The highest BCUT2D eigenvalue weighted by atomic mass is 19.1. The van der Waals surface area contributed by atoms with E-state index in [-0.39, 0.29) is 0 Å². The zero-order chi connectivity index (χ0) is 20.6. The number of hydrogen-bond acceptors (Lipinski definition) is 9. The molecule has 0 spiro atoms. The third-order valence-corrected chi connectivity index (χ3v) is 4.98. The Morgan fingerprint density at radius 3 is 2.86 bits per heavy atom. The van der Waals surface area contributed by atoms with Crippen molar-refractivity contribution < 1.29 is 19.3 Å². The number of rotatable bonds is 6. The van der Waals surface area contributed by atoms with Crippen molar-refractivity contribution in [3.8, 4) is 0 Å². The fraction of sp³-hybridized carbons (Fsp3) is 0.444. The first kappa shape index (κ1) is 19.4. The highest BCUT2D eigenvalue weighted by molar-refractivity contribution is 5.84. The van der Waals surface area contributed by atoms with Crippen LogP contribution in [0.25, 0.3) is 11.2 Å². The molecule has 0 aromatic carbocycles. The van der Waals surface area contributed by atoms with Crippen molar-refractivity contribution in [2.45, 2.75) is 37.6 Å². The number of fused-ring (bicyclic) bond motifs is 1. The van der Waals surface area contributed by atoms with E-state index in [4.69, 9.17) is 4.74 Å². The van der Waals surface area contributed by atoms with Gasteiger partial charge < -0.3 is 25.6 Å². The summed E-state index contributed by atoms with van der Waals surface area (Å²) in [6, 6.07) is 3.75. The molecule has 154 valence electrons. The molecule has 4 atom stereocenters. The molecule has 4 heterocycles. The second-order valence-corrected chi connectivity index (χ2v) is 6.99. The Labute approximate surface area is 165 Å². The monoisotopic (exact) mass is 403 g/mol. The Kier molecular flexibility index (Phi) is 5.03. The quantitative estimate of drug-likeness (QED) is 0.473. The molecule has 1 aliphatic heterocycles. The number of imidazole rings is 1. The van der Waals surface area contributed by atoms with Gasteiger partial charge in [0, 0.05) is 26.0 Å². The van der Waals surface area contributed by atoms with E-state index in [1.165, 1.54) is 17.8 Å². The Morgan fingerprint density at radius 2 is 2.21 bits per heavy atom. The van der Waals surface area contributed by atoms with Crippen molar-refractivity contribution in [3.63, 3.8) is 0 Å². The van der Waals surface area contributed by atoms with Crippen molar-refractivity contribution >= 4 is 22.9 Å². The maximum atomic E-state index is 15.2. The van der Waals surface area contributed by atoms with Gasteiger partial charge in [0.1, 0.15) is 12.2 Å². The zero-order valence-corrected chi connectivity index (χ0v) is 15.9. The summed E-state index contributed by atoms with van der Waals surface area (Å²) in [4.78, 5) is 17.2. The number of aliphatic hydroxyl groups excluding tert-OH is 2. The van der Waals surface area contributed by atoms with E-state index in [1.807, 2.05) is 12.1 Å². The fourth-order valence-electron chi connectivity index (χ4n) is 3.39. The molecular formula is C18H22FN7O3. The number of nitrogens with one attached hydrogen (secondary N) is 2. The van der Waals surface area contributed by atoms with Crippen LogP contribution in [-0.4, -0.2) is 66.2 Å². The second-order valence-electron chi connectivity index (χ2n) is 6.99. The van der Waals surface area contributed by atoms with Gasteiger partial charge in [0.2, 0.25) is 5.95 Å². The first-order valence-electron chi connectivity index (χ1n) is 9.14. The van der Waals surface area contributed by atoms with Gasteiger partial charge in [-0.1, -0.05) is 6.07 Å². The maximum Gasteiger partial charge on any atom is 0.227 e. The molecule has 1 saturated heterocycles. The number of alkyl halides is 1. The van der Waals surface area contributed by atoms with Crippen LogP contribution in [0.4, 0.5) is 16.2 Å². The van der Waals surface area contributed by atoms with Crippen LogP contribution in [0.15, 0.2) is 30.9 Å². The van der Waals surface area contributed by atoms with Gasteiger partial charge in [-0.25, -0.2) is 9.37 Å². The lowest BCUT2D eigenvalue weighted by molar-refractivity contribution is -0.0566. The summed E-state index contributed by atoms with van der Waals surface area (Å²) in [6.07, 6.45) is 1.08. The summed E-state index contributed by atoms with van der Waals surface area (Å²) >= 11 is 0. The second kappa shape index (κ2) is 7.50. The number of aromatic nitrogens is 5. The van der Waals surface area contributed by atoms with Gasteiger partial charge in [0.25, 0.3) is 0 Å². The molecule has 0 unspecified atom stereocenters. The van der Waals surface area contributed by atoms with E-state index >= 15 is 4.39 Å². The van der Waals surface area contributed by atoms with E-state index in [9.17, 15) is 10.2 Å². The highest BCUT2D eigenvalue weighted by Crippen LogP contribution is 2.42. The van der Waals surface area contributed by atoms with E-state index in [2.05, 4.69) is 30.6 Å². The first-order valence-corrected chi connectivity index (χ1v) is 9.14. The lowest BCUT2D eigenvalue weighted by Crippen LogP contribution is -2.40. The van der Waals surface area contributed by atoms with Crippen LogP contribution in [-0.2, 0) is 11.3 Å². The molecule has 1 fully saturated rings. The molecule has 0 radical (unpaired) electrons. The Morgan fingerprint density at radius 1 is 1.38 bits per heavy atom. The summed E-state index contributed by atoms with van der Waals surface area (Å²) in [6.45, 7) is 1.17. The molecule has 11 heteroatoms. The number of anilines is 2. The van der Waals surface area contributed by atoms with Crippen LogP contribution < -0.4 is 10.6 Å². The number of ether oxygens (including phenoxy) is 1. The predicted octanol–water partition coefficient (Wildman–Crippen LogP) is 0.854. The van der Waals surface area contributed by atoms with Crippen molar-refractivity contribution in [1.29, 1.82) is 0 Å². The average Bonchev–Trinajstić information content (AvgIpc) is 3.25. The average molecular weight is 403 g/mol. The minimum atomic E-state index is -2.14. The van der Waals surface area contributed by atoms with Crippen LogP contribution >= 0.6 is 0 Å². The van der Waals surface area contributed by atoms with Gasteiger partial charge in [0.05, 0.1) is 12.9 Å². The topological polar surface area (TPSA) is 130 Å². The van der Waals surface area contributed by atoms with Crippen molar-refractivity contribution in [2.24, 2.45) is 0 Å². The molecule has 0 saturated carbocycles. The Bertz CT molecular complexity index is 998. The molecule has 0 aliphatic carbocycles. The van der Waals surface area contributed by atoms with Gasteiger partial charge >= 0.3 is 0 Å². The van der Waals surface area contributed by atoms with Crippen molar-refractivity contribution in [1.82, 2.24) is 24.5 Å². The lowest BCUT2D eigenvalue weighted by atomic mass is 9.98. The number of nitrogens with zero attached hydrogens (tertiary/aromatic N) is 5. The standard InChI is InChI=1S/C18H22FN7O3/c1-18(19)13(28)11(8-27)29-16(18)26-9-23-12-14(20-2)24-17(25-15(12)26)22-7-10-4-3-5-21-6-10/h3-6,9,11,13,16,27-28H,7-8H2,1-2H3,(H2,20,22,24,25)/t11-,13-,16-,18-/m1/s1. The summed E-state index contributed by atoms with van der Waals surface area (Å²) in [5, 5.41) is 25.6. The Hall–Kier alpha value is -2.89. The summed E-state index contributed by atoms with van der Waals surface area (Å²) in [7, 11) is 1.70. The van der Waals surface area contributed by atoms with Crippen LogP contribution in [0.1, 0.15) is 18.7 Å². The number of pyridine rings is 1. The molecule has 0 amide bonds. The molecule has 29 heavy (non-hydrogen) atoms. The first-order chi connectivity index (χ1) is 14.0. The van der Waals surface area contributed by atoms with E-state index < -0.39 is 30.7 Å². The molecule has 0 bridgehead atoms. The molecule has 3 aromatic rings. The molecule has 4 rings (SSSR count). The SMILES string of the molecule is CNc1nc(NCc2cccnc2)nc2c1ncn2[C@@H]1O[C@H](CO)[C@@H](O)[C@@]1(C)F. The minimum absolute atomic E-state index is 0.310. The van der Waals surface area contributed by atoms with E-state index in [1.54, 1.807) is 19.4 Å². The number of halogens is 1. The smallest absolute Gasteiger partial charge is 0.227 e. The minimum Gasteiger partial charge on any atom is -0.394 e. The van der Waals surface area contributed by atoms with E-state index in [0.29, 0.717) is 29.5 Å². The summed E-state index contributed by atoms with van der Waals surface area (Å²) in [5.74, 6) is 0.769. The largest absolute Gasteiger partial charge is 0.394 e. The molecule has 1 aliphatic rings. The molecule has 3 aromatic heterocycles. The van der Waals surface area contributed by atoms with Crippen LogP contribution in [0, 0.1) is 0 Å². The van der Waals surface area contributed by atoms with Crippen LogP contribution in [0.5, 0.6) is 0 Å². The van der Waals surface area contributed by atoms with Gasteiger partial charge in [-0.2, -0.15) is 9.97 Å².